The molecule has 2 fully saturated rings. The number of methoxy groups -OCH3 is 2. The van der Waals surface area contributed by atoms with Crippen molar-refractivity contribution < 1.29 is 14.2 Å². The number of benzene rings is 1. The highest BCUT2D eigenvalue weighted by atomic mass is 16.5. The monoisotopic (exact) mass is 419 g/mol. The molecule has 1 aromatic rings. The zero-order valence-corrected chi connectivity index (χ0v) is 19.1. The molecule has 0 bridgehead atoms. The Labute approximate surface area is 180 Å². The van der Waals surface area contributed by atoms with Crippen LogP contribution in [0.2, 0.25) is 0 Å². The van der Waals surface area contributed by atoms with Crippen LogP contribution in [0.15, 0.2) is 23.2 Å². The summed E-state index contributed by atoms with van der Waals surface area (Å²) in [6.45, 7) is 6.57. The number of morpholine rings is 1. The highest BCUT2D eigenvalue weighted by molar-refractivity contribution is 5.80. The molecule has 0 amide bonds. The van der Waals surface area contributed by atoms with E-state index in [9.17, 15) is 0 Å². The Balaban J connectivity index is 1.62. The fourth-order valence-electron chi connectivity index (χ4n) is 4.35. The second-order valence-electron chi connectivity index (χ2n) is 8.06. The van der Waals surface area contributed by atoms with Gasteiger partial charge in [-0.1, -0.05) is 6.07 Å². The van der Waals surface area contributed by atoms with E-state index in [-0.39, 0.29) is 6.04 Å². The number of nitrogens with one attached hydrogen (secondary N) is 1. The summed E-state index contributed by atoms with van der Waals surface area (Å²) in [5, 5.41) is 3.60. The van der Waals surface area contributed by atoms with Crippen LogP contribution < -0.4 is 14.8 Å². The average Bonchev–Trinajstić information content (AvgIpc) is 3.26. The van der Waals surface area contributed by atoms with Gasteiger partial charge in [-0.2, -0.15) is 0 Å². The van der Waals surface area contributed by atoms with Crippen molar-refractivity contribution >= 4 is 5.96 Å². The third-order valence-electron chi connectivity index (χ3n) is 6.11. The van der Waals surface area contributed by atoms with Crippen molar-refractivity contribution in [3.05, 3.63) is 23.8 Å². The molecule has 1 N–H and O–H groups in total. The maximum atomic E-state index is 5.50. The van der Waals surface area contributed by atoms with E-state index in [0.717, 1.165) is 63.4 Å². The molecule has 2 aliphatic heterocycles. The van der Waals surface area contributed by atoms with E-state index in [1.165, 1.54) is 12.0 Å². The van der Waals surface area contributed by atoms with Crippen LogP contribution in [0.3, 0.4) is 0 Å². The van der Waals surface area contributed by atoms with Gasteiger partial charge in [0.05, 0.1) is 33.5 Å². The number of rotatable bonds is 7. The van der Waals surface area contributed by atoms with E-state index < -0.39 is 0 Å². The van der Waals surface area contributed by atoms with E-state index in [1.54, 1.807) is 14.2 Å². The van der Waals surface area contributed by atoms with Gasteiger partial charge in [0.2, 0.25) is 0 Å². The molecule has 168 valence electrons. The number of nitrogens with zero attached hydrogens (tertiary/aromatic N) is 4. The van der Waals surface area contributed by atoms with Gasteiger partial charge in [-0.3, -0.25) is 9.89 Å². The number of likely N-dealkylation sites (N-methyl/N-ethyl adjacent to an activating group) is 1. The lowest BCUT2D eigenvalue weighted by atomic mass is 10.1. The molecule has 3 rings (SSSR count). The number of likely N-dealkylation sites (tertiary alicyclic amines) is 1. The summed E-state index contributed by atoms with van der Waals surface area (Å²) in [6.07, 6.45) is 1.17. The lowest BCUT2D eigenvalue weighted by Gasteiger charge is -2.32. The predicted octanol–water partition coefficient (Wildman–Crippen LogP) is 1.29. The lowest BCUT2D eigenvalue weighted by molar-refractivity contribution is 0.0195. The second-order valence-corrected chi connectivity index (χ2v) is 8.06. The summed E-state index contributed by atoms with van der Waals surface area (Å²) in [4.78, 5) is 11.7. The Bertz CT molecular complexity index is 706. The van der Waals surface area contributed by atoms with Crippen molar-refractivity contribution in [2.24, 2.45) is 4.99 Å². The largest absolute Gasteiger partial charge is 0.493 e. The minimum atomic E-state index is 0.180. The van der Waals surface area contributed by atoms with Gasteiger partial charge in [-0.05, 0) is 38.2 Å². The van der Waals surface area contributed by atoms with E-state index in [4.69, 9.17) is 14.2 Å². The zero-order valence-electron chi connectivity index (χ0n) is 19.1. The molecule has 0 aliphatic carbocycles. The van der Waals surface area contributed by atoms with Gasteiger partial charge in [0.25, 0.3) is 0 Å². The van der Waals surface area contributed by atoms with E-state index >= 15 is 0 Å². The fourth-order valence-corrected chi connectivity index (χ4v) is 4.35. The van der Waals surface area contributed by atoms with Crippen molar-refractivity contribution in [3.8, 4) is 11.5 Å². The maximum absolute atomic E-state index is 5.50. The zero-order chi connectivity index (χ0) is 21.5. The molecule has 2 unspecified atom stereocenters. The Morgan fingerprint density at radius 1 is 1.20 bits per heavy atom. The number of guanidine groups is 1. The Hall–Kier alpha value is -2.03. The SMILES string of the molecule is CN=C(NCC(c1ccc(OC)c(OC)c1)N(C)C)N1CCC(N2CCOCC2)C1. The first-order valence-corrected chi connectivity index (χ1v) is 10.7. The third-order valence-corrected chi connectivity index (χ3v) is 6.11. The predicted molar refractivity (Wildman–Crippen MR) is 120 cm³/mol. The highest BCUT2D eigenvalue weighted by Gasteiger charge is 2.30. The molecule has 2 heterocycles. The van der Waals surface area contributed by atoms with Crippen molar-refractivity contribution in [3.63, 3.8) is 0 Å². The summed E-state index contributed by atoms with van der Waals surface area (Å²) >= 11 is 0. The summed E-state index contributed by atoms with van der Waals surface area (Å²) in [5.41, 5.74) is 1.17. The van der Waals surface area contributed by atoms with Crippen molar-refractivity contribution in [1.82, 2.24) is 20.0 Å². The first-order chi connectivity index (χ1) is 14.6. The van der Waals surface area contributed by atoms with E-state index in [1.807, 2.05) is 13.1 Å². The van der Waals surface area contributed by atoms with Gasteiger partial charge < -0.3 is 29.3 Å². The van der Waals surface area contributed by atoms with Crippen LogP contribution in [-0.4, -0.2) is 108 Å². The van der Waals surface area contributed by atoms with Crippen molar-refractivity contribution in [1.29, 1.82) is 0 Å². The maximum Gasteiger partial charge on any atom is 0.193 e. The molecule has 8 heteroatoms. The molecule has 8 nitrogen and oxygen atoms in total. The van der Waals surface area contributed by atoms with Crippen molar-refractivity contribution in [2.75, 3.05) is 81.3 Å². The van der Waals surface area contributed by atoms with Crippen LogP contribution in [0.1, 0.15) is 18.0 Å². The van der Waals surface area contributed by atoms with Gasteiger partial charge in [-0.15, -0.1) is 0 Å². The summed E-state index contributed by atoms with van der Waals surface area (Å²) in [7, 11) is 9.38. The standard InChI is InChI=1S/C22H37N5O3/c1-23-22(27-9-8-18(16-27)26-10-12-30-13-11-26)24-15-19(25(2)3)17-6-7-20(28-4)21(14-17)29-5/h6-7,14,18-19H,8-13,15-16H2,1-5H3,(H,23,24). The minimum absolute atomic E-state index is 0.180. The van der Waals surface area contributed by atoms with Crippen LogP contribution in [-0.2, 0) is 4.74 Å². The Kier molecular flexibility index (Phi) is 8.18. The number of aliphatic imine (C=N–C) groups is 1. The van der Waals surface area contributed by atoms with Crippen LogP contribution in [0, 0.1) is 0 Å². The second kappa shape index (κ2) is 10.8. The van der Waals surface area contributed by atoms with Gasteiger partial charge >= 0.3 is 0 Å². The van der Waals surface area contributed by atoms with Gasteiger partial charge in [-0.25, -0.2) is 0 Å². The van der Waals surface area contributed by atoms with Crippen molar-refractivity contribution in [2.45, 2.75) is 18.5 Å². The topological polar surface area (TPSA) is 61.8 Å². The molecule has 0 aromatic heterocycles. The first-order valence-electron chi connectivity index (χ1n) is 10.7. The minimum Gasteiger partial charge on any atom is -0.493 e. The Morgan fingerprint density at radius 3 is 2.57 bits per heavy atom. The lowest BCUT2D eigenvalue weighted by Crippen LogP contribution is -2.47. The molecule has 2 atom stereocenters. The normalized spacial score (nSPS) is 21.7. The summed E-state index contributed by atoms with van der Waals surface area (Å²) < 4.78 is 16.4. The number of ether oxygens (including phenoxy) is 3. The first kappa shape index (κ1) is 22.7. The molecule has 0 spiro atoms. The van der Waals surface area contributed by atoms with E-state index in [2.05, 4.69) is 51.2 Å². The molecule has 2 aliphatic rings. The molecule has 0 saturated carbocycles. The quantitative estimate of drug-likeness (QED) is 0.528. The number of hydrogen-bond acceptors (Lipinski definition) is 6. The summed E-state index contributed by atoms with van der Waals surface area (Å²) in [5.74, 6) is 2.46. The van der Waals surface area contributed by atoms with Crippen LogP contribution in [0.5, 0.6) is 11.5 Å². The fraction of sp³-hybridized carbons (Fsp3) is 0.682. The molecular weight excluding hydrogens is 382 g/mol. The van der Waals surface area contributed by atoms with Crippen LogP contribution in [0.25, 0.3) is 0 Å². The van der Waals surface area contributed by atoms with E-state index in [0.29, 0.717) is 6.04 Å². The summed E-state index contributed by atoms with van der Waals surface area (Å²) in [6, 6.07) is 6.88. The van der Waals surface area contributed by atoms with Gasteiger partial charge in [0.15, 0.2) is 17.5 Å². The third kappa shape index (κ3) is 5.36. The Morgan fingerprint density at radius 2 is 1.93 bits per heavy atom. The molecular formula is C22H37N5O3. The smallest absolute Gasteiger partial charge is 0.193 e. The molecule has 1 aromatic carbocycles. The molecule has 30 heavy (non-hydrogen) atoms. The number of hydrogen-bond donors (Lipinski definition) is 1. The highest BCUT2D eigenvalue weighted by Crippen LogP contribution is 2.31. The van der Waals surface area contributed by atoms with Gasteiger partial charge in [0.1, 0.15) is 0 Å². The molecule has 0 radical (unpaired) electrons. The average molecular weight is 420 g/mol. The van der Waals surface area contributed by atoms with Gasteiger partial charge in [0, 0.05) is 45.8 Å². The van der Waals surface area contributed by atoms with Crippen LogP contribution >= 0.6 is 0 Å². The van der Waals surface area contributed by atoms with Crippen LogP contribution in [0.4, 0.5) is 0 Å². The molecule has 2 saturated heterocycles.